The second kappa shape index (κ2) is 24.5. The van der Waals surface area contributed by atoms with Crippen molar-refractivity contribution in [3.63, 3.8) is 0 Å². The minimum absolute atomic E-state index is 0.0248. The number of benzene rings is 8. The molecular weight excluding hydrogens is 1100 g/mol. The Hall–Kier alpha value is -6.08. The molecule has 89 heavy (non-hydrogen) atoms. The van der Waals surface area contributed by atoms with E-state index in [0.717, 1.165) is 25.9 Å². The van der Waals surface area contributed by atoms with Crippen LogP contribution in [0.2, 0.25) is 39.3 Å². The molecule has 2 aromatic heterocycles. The van der Waals surface area contributed by atoms with Crippen LogP contribution in [0.25, 0.3) is 54.7 Å². The topological polar surface area (TPSA) is 9.86 Å². The number of rotatable bonds is 20. The number of hydrogen-bond donors (Lipinski definition) is 0. The lowest BCUT2D eigenvalue weighted by atomic mass is 9.34. The molecular formula is C83H106B2N2Si2. The Kier molecular flexibility index (Phi) is 17.8. The van der Waals surface area contributed by atoms with E-state index < -0.39 is 16.1 Å². The Morgan fingerprint density at radius 3 is 0.944 bits per heavy atom. The SMILES string of the molecule is CCCCn1c2ccc(B(c3ccc4c(c3)C(C)(C)c3cc(B(c5ccc6c(c5)c5cc([Si](C)(C)C)ccc5n6CCCC)c5c(C(C)C)cc(C(C)C)cc5C(C)C)ccc3-4)c3c(C(C)C)cc(C(C)C)cc3C(C)C)cc2c2cc([Si](C)(C)C)ccc21. The van der Waals surface area contributed by atoms with E-state index in [1.807, 2.05) is 0 Å². The molecule has 6 heteroatoms. The van der Waals surface area contributed by atoms with Crippen LogP contribution in [-0.2, 0) is 18.5 Å². The smallest absolute Gasteiger partial charge is 0.241 e. The maximum Gasteiger partial charge on any atom is 0.241 e. The molecule has 1 aliphatic carbocycles. The van der Waals surface area contributed by atoms with Gasteiger partial charge in [0.1, 0.15) is 0 Å². The number of aromatic nitrogens is 2. The Bertz CT molecular complexity index is 3980. The van der Waals surface area contributed by atoms with Crippen molar-refractivity contribution in [3.8, 4) is 11.1 Å². The number of unbranched alkanes of at least 4 members (excludes halogenated alkanes) is 2. The predicted molar refractivity (Wildman–Crippen MR) is 405 cm³/mol. The predicted octanol–water partition coefficient (Wildman–Crippen LogP) is 18.7. The Labute approximate surface area is 540 Å². The fourth-order valence-corrected chi connectivity index (χ4v) is 17.8. The first kappa shape index (κ1) is 64.5. The van der Waals surface area contributed by atoms with E-state index in [0.29, 0.717) is 35.5 Å². The summed E-state index contributed by atoms with van der Waals surface area (Å²) in [7, 11) is -3.21. The summed E-state index contributed by atoms with van der Waals surface area (Å²) in [4.78, 5) is 0. The summed E-state index contributed by atoms with van der Waals surface area (Å²) in [5.41, 5.74) is 28.2. The second-order valence-electron chi connectivity index (χ2n) is 31.8. The molecule has 2 heterocycles. The third-order valence-corrected chi connectivity index (χ3v) is 25.1. The van der Waals surface area contributed by atoms with Gasteiger partial charge in [0.05, 0.1) is 16.1 Å². The van der Waals surface area contributed by atoms with E-state index in [2.05, 4.69) is 293 Å². The van der Waals surface area contributed by atoms with E-state index in [9.17, 15) is 0 Å². The zero-order valence-corrected chi connectivity index (χ0v) is 61.0. The van der Waals surface area contributed by atoms with Crippen LogP contribution in [-0.4, -0.2) is 38.7 Å². The van der Waals surface area contributed by atoms with Gasteiger partial charge >= 0.3 is 0 Å². The van der Waals surface area contributed by atoms with E-state index in [4.69, 9.17) is 0 Å². The molecule has 0 N–H and O–H groups in total. The lowest BCUT2D eigenvalue weighted by molar-refractivity contribution is 0.661. The minimum Gasteiger partial charge on any atom is -0.340 e. The number of aryl methyl sites for hydroxylation is 2. The van der Waals surface area contributed by atoms with Gasteiger partial charge in [-0.25, -0.2) is 0 Å². The second-order valence-corrected chi connectivity index (χ2v) is 41.9. The van der Waals surface area contributed by atoms with Crippen LogP contribution >= 0.6 is 0 Å². The standard InChI is InChI=1S/C83H106B2N2Si2/c1-23-25-39-86-77-35-29-59(45-71(77)73-49-63(88(17,18)19)31-37-79(73)86)84(81-67(53(7)8)41-57(51(3)4)42-68(81)54(9)10)61-27-33-65-66-34-28-62(48-76(66)83(15,16)75(65)47-61)85(82-69(55(11)12)43-58(52(5)6)44-70(82)56(13)14)60-30-36-78-72(46-60)74-50-64(89(20,21)22)32-38-80(74)87(78)40-26-24-2/h27-38,41-56H,23-26,39-40H2,1-22H3. The first-order valence-electron chi connectivity index (χ1n) is 34.8. The first-order chi connectivity index (χ1) is 42.0. The molecule has 462 valence electrons. The van der Waals surface area contributed by atoms with Crippen LogP contribution in [0, 0.1) is 0 Å². The van der Waals surface area contributed by atoms with Gasteiger partial charge in [0, 0.05) is 62.1 Å². The van der Waals surface area contributed by atoms with E-state index in [-0.39, 0.29) is 18.8 Å². The van der Waals surface area contributed by atoms with Gasteiger partial charge in [-0.1, -0.05) is 315 Å². The lowest BCUT2D eigenvalue weighted by Gasteiger charge is -2.30. The van der Waals surface area contributed by atoms with Crippen LogP contribution < -0.4 is 43.2 Å². The summed E-state index contributed by atoms with van der Waals surface area (Å²) < 4.78 is 5.27. The molecule has 1 aliphatic rings. The zero-order chi connectivity index (χ0) is 64.1. The van der Waals surface area contributed by atoms with Gasteiger partial charge < -0.3 is 9.13 Å². The van der Waals surface area contributed by atoms with Crippen molar-refractivity contribution in [2.45, 2.75) is 230 Å². The van der Waals surface area contributed by atoms with Crippen molar-refractivity contribution in [3.05, 3.63) is 178 Å². The van der Waals surface area contributed by atoms with E-state index >= 15 is 0 Å². The Morgan fingerprint density at radius 1 is 0.360 bits per heavy atom. The van der Waals surface area contributed by atoms with E-state index in [1.54, 1.807) is 0 Å². The van der Waals surface area contributed by atoms with Gasteiger partial charge in [0.2, 0.25) is 13.4 Å². The van der Waals surface area contributed by atoms with Crippen molar-refractivity contribution in [1.82, 2.24) is 9.13 Å². The molecule has 0 amide bonds. The molecule has 11 rings (SSSR count). The molecule has 0 atom stereocenters. The largest absolute Gasteiger partial charge is 0.340 e. The molecule has 0 fully saturated rings. The minimum atomic E-state index is -1.60. The molecule has 0 aliphatic heterocycles. The van der Waals surface area contributed by atoms with Crippen molar-refractivity contribution < 1.29 is 0 Å². The van der Waals surface area contributed by atoms with Crippen LogP contribution in [0.15, 0.2) is 133 Å². The highest BCUT2D eigenvalue weighted by molar-refractivity contribution is 6.97. The Morgan fingerprint density at radius 2 is 0.652 bits per heavy atom. The highest BCUT2D eigenvalue weighted by Gasteiger charge is 2.40. The van der Waals surface area contributed by atoms with Crippen LogP contribution in [0.4, 0.5) is 0 Å². The molecule has 2 nitrogen and oxygen atoms in total. The molecule has 0 bridgehead atoms. The summed E-state index contributed by atoms with van der Waals surface area (Å²) in [5.74, 6) is 2.26. The molecule has 10 aromatic rings. The number of hydrogen-bond acceptors (Lipinski definition) is 0. The van der Waals surface area contributed by atoms with Crippen LogP contribution in [0.5, 0.6) is 0 Å². The van der Waals surface area contributed by atoms with Crippen molar-refractivity contribution in [1.29, 1.82) is 0 Å². The van der Waals surface area contributed by atoms with Crippen LogP contribution in [0.3, 0.4) is 0 Å². The normalized spacial score (nSPS) is 13.6. The molecule has 8 aromatic carbocycles. The zero-order valence-electron chi connectivity index (χ0n) is 59.0. The highest BCUT2D eigenvalue weighted by atomic mass is 28.3. The summed E-state index contributed by atoms with van der Waals surface area (Å²) in [6.45, 7) is 55.7. The molecule has 0 saturated heterocycles. The highest BCUT2D eigenvalue weighted by Crippen LogP contribution is 2.48. The summed E-state index contributed by atoms with van der Waals surface area (Å²) in [6.07, 6.45) is 4.67. The van der Waals surface area contributed by atoms with Crippen molar-refractivity contribution in [2.75, 3.05) is 0 Å². The molecule has 0 radical (unpaired) electrons. The number of nitrogens with zero attached hydrogens (tertiary/aromatic N) is 2. The van der Waals surface area contributed by atoms with Gasteiger partial charge in [-0.05, 0) is 128 Å². The summed E-state index contributed by atoms with van der Waals surface area (Å²) in [5, 5.41) is 8.65. The van der Waals surface area contributed by atoms with Crippen molar-refractivity contribution >= 4 is 116 Å². The Balaban J connectivity index is 1.14. The number of fused-ring (bicyclic) bond motifs is 9. The fraction of sp³-hybridized carbons (Fsp3) is 0.422. The third kappa shape index (κ3) is 11.7. The summed E-state index contributed by atoms with van der Waals surface area (Å²) in [6, 6.07) is 56.1. The van der Waals surface area contributed by atoms with Gasteiger partial charge in [-0.15, -0.1) is 0 Å². The molecule has 0 unspecified atom stereocenters. The lowest BCUT2D eigenvalue weighted by Crippen LogP contribution is -2.55. The molecule has 0 saturated carbocycles. The van der Waals surface area contributed by atoms with Crippen molar-refractivity contribution in [2.24, 2.45) is 0 Å². The first-order valence-corrected chi connectivity index (χ1v) is 41.8. The average Bonchev–Trinajstić information content (AvgIpc) is 1.64. The fourth-order valence-electron chi connectivity index (χ4n) is 15.5. The third-order valence-electron chi connectivity index (χ3n) is 21.0. The van der Waals surface area contributed by atoms with Gasteiger partial charge in [-0.3, -0.25) is 0 Å². The van der Waals surface area contributed by atoms with Gasteiger partial charge in [0.25, 0.3) is 0 Å². The maximum atomic E-state index is 2.68. The summed E-state index contributed by atoms with van der Waals surface area (Å²) >= 11 is 0. The van der Waals surface area contributed by atoms with Gasteiger partial charge in [-0.2, -0.15) is 0 Å². The monoisotopic (exact) mass is 1210 g/mol. The maximum absolute atomic E-state index is 2.68. The quantitative estimate of drug-likeness (QED) is 0.0673. The molecule has 0 spiro atoms. The average molecular weight is 1210 g/mol. The van der Waals surface area contributed by atoms with Gasteiger partial charge in [0.15, 0.2) is 0 Å². The van der Waals surface area contributed by atoms with E-state index in [1.165, 1.54) is 155 Å². The van der Waals surface area contributed by atoms with Crippen LogP contribution in [0.1, 0.15) is 216 Å².